The van der Waals surface area contributed by atoms with Gasteiger partial charge in [0.15, 0.2) is 17.5 Å². The second kappa shape index (κ2) is 10.5. The molecule has 0 spiro atoms. The van der Waals surface area contributed by atoms with Crippen LogP contribution in [0.4, 0.5) is 0 Å². The lowest BCUT2D eigenvalue weighted by molar-refractivity contribution is 0.668. The first-order chi connectivity index (χ1) is 23.8. The van der Waals surface area contributed by atoms with Gasteiger partial charge in [-0.2, -0.15) is 0 Å². The third-order valence-corrected chi connectivity index (χ3v) is 9.16. The minimum Gasteiger partial charge on any atom is -0.456 e. The van der Waals surface area contributed by atoms with Crippen LogP contribution in [-0.2, 0) is 0 Å². The number of hydrogen-bond acceptors (Lipinski definition) is 5. The standard InChI is InChI=1S/C43H25N3O2/c1-2-11-26(12-3-1)41-44-42(27-23-24-38-35(25-27)31-13-4-6-20-36(31)47-38)46-43(45-41)33-19-9-15-28-29(16-8-17-30(28)33)32-18-10-22-39-40(32)34-14-5-7-21-37(34)48-39/h1-25H. The van der Waals surface area contributed by atoms with E-state index in [1.54, 1.807) is 0 Å². The van der Waals surface area contributed by atoms with Gasteiger partial charge in [-0.3, -0.25) is 0 Å². The van der Waals surface area contributed by atoms with Crippen LogP contribution in [-0.4, -0.2) is 15.0 Å². The summed E-state index contributed by atoms with van der Waals surface area (Å²) in [6, 6.07) is 51.6. The molecule has 224 valence electrons. The van der Waals surface area contributed by atoms with Gasteiger partial charge in [-0.25, -0.2) is 15.0 Å². The van der Waals surface area contributed by atoms with Crippen LogP contribution in [0.15, 0.2) is 160 Å². The van der Waals surface area contributed by atoms with E-state index in [1.807, 2.05) is 78.9 Å². The van der Waals surface area contributed by atoms with Crippen LogP contribution in [0, 0.1) is 0 Å². The fraction of sp³-hybridized carbons (Fsp3) is 0. The van der Waals surface area contributed by atoms with Crippen LogP contribution in [0.1, 0.15) is 0 Å². The Labute approximate surface area is 274 Å². The van der Waals surface area contributed by atoms with E-state index in [-0.39, 0.29) is 0 Å². The first kappa shape index (κ1) is 26.6. The molecule has 10 aromatic rings. The van der Waals surface area contributed by atoms with Gasteiger partial charge in [-0.05, 0) is 58.3 Å². The first-order valence-electron chi connectivity index (χ1n) is 15.9. The maximum Gasteiger partial charge on any atom is 0.164 e. The number of aromatic nitrogens is 3. The quantitative estimate of drug-likeness (QED) is 0.197. The van der Waals surface area contributed by atoms with Gasteiger partial charge in [0.1, 0.15) is 22.3 Å². The van der Waals surface area contributed by atoms with Gasteiger partial charge in [0, 0.05) is 38.2 Å². The van der Waals surface area contributed by atoms with Gasteiger partial charge in [-0.1, -0.05) is 115 Å². The van der Waals surface area contributed by atoms with Gasteiger partial charge in [0.05, 0.1) is 0 Å². The van der Waals surface area contributed by atoms with Crippen molar-refractivity contribution in [1.29, 1.82) is 0 Å². The van der Waals surface area contributed by atoms with Crippen LogP contribution in [0.3, 0.4) is 0 Å². The van der Waals surface area contributed by atoms with E-state index in [4.69, 9.17) is 23.8 Å². The smallest absolute Gasteiger partial charge is 0.164 e. The number of rotatable bonds is 4. The molecule has 48 heavy (non-hydrogen) atoms. The number of benzene rings is 7. The van der Waals surface area contributed by atoms with Gasteiger partial charge in [0.2, 0.25) is 0 Å². The van der Waals surface area contributed by atoms with E-state index >= 15 is 0 Å². The zero-order chi connectivity index (χ0) is 31.6. The Kier molecular flexibility index (Phi) is 5.81. The molecule has 5 nitrogen and oxygen atoms in total. The lowest BCUT2D eigenvalue weighted by atomic mass is 9.93. The molecule has 0 aliphatic heterocycles. The average Bonchev–Trinajstić information content (AvgIpc) is 3.73. The minimum atomic E-state index is 0.605. The first-order valence-corrected chi connectivity index (χ1v) is 15.9. The summed E-state index contributed by atoms with van der Waals surface area (Å²) < 4.78 is 12.4. The summed E-state index contributed by atoms with van der Waals surface area (Å²) in [6.07, 6.45) is 0. The van der Waals surface area contributed by atoms with Crippen molar-refractivity contribution in [3.05, 3.63) is 152 Å². The Hall–Kier alpha value is -6.59. The van der Waals surface area contributed by atoms with Gasteiger partial charge < -0.3 is 8.83 Å². The molecule has 5 heteroatoms. The van der Waals surface area contributed by atoms with Crippen molar-refractivity contribution in [2.24, 2.45) is 0 Å². The highest BCUT2D eigenvalue weighted by molar-refractivity contribution is 6.16. The number of nitrogens with zero attached hydrogens (tertiary/aromatic N) is 3. The Bertz CT molecular complexity index is 2850. The van der Waals surface area contributed by atoms with Crippen molar-refractivity contribution >= 4 is 54.6 Å². The van der Waals surface area contributed by atoms with Crippen LogP contribution in [0.25, 0.3) is 99.9 Å². The van der Waals surface area contributed by atoms with E-state index in [1.165, 1.54) is 0 Å². The lowest BCUT2D eigenvalue weighted by Gasteiger charge is -2.13. The molecular weight excluding hydrogens is 590 g/mol. The Morgan fingerprint density at radius 1 is 0.312 bits per heavy atom. The molecule has 0 bridgehead atoms. The molecule has 0 aliphatic rings. The van der Waals surface area contributed by atoms with Gasteiger partial charge >= 0.3 is 0 Å². The van der Waals surface area contributed by atoms with E-state index in [0.717, 1.165) is 82.5 Å². The lowest BCUT2D eigenvalue weighted by Crippen LogP contribution is -2.00. The van der Waals surface area contributed by atoms with E-state index < -0.39 is 0 Å². The highest BCUT2D eigenvalue weighted by Crippen LogP contribution is 2.41. The zero-order valence-electron chi connectivity index (χ0n) is 25.6. The number of fused-ring (bicyclic) bond motifs is 7. The van der Waals surface area contributed by atoms with E-state index in [0.29, 0.717) is 17.5 Å². The van der Waals surface area contributed by atoms with Crippen molar-refractivity contribution in [1.82, 2.24) is 15.0 Å². The molecule has 0 unspecified atom stereocenters. The average molecular weight is 616 g/mol. The maximum absolute atomic E-state index is 6.24. The summed E-state index contributed by atoms with van der Waals surface area (Å²) >= 11 is 0. The van der Waals surface area contributed by atoms with Crippen LogP contribution in [0.5, 0.6) is 0 Å². The van der Waals surface area contributed by atoms with Gasteiger partial charge in [-0.15, -0.1) is 0 Å². The van der Waals surface area contributed by atoms with Crippen molar-refractivity contribution < 1.29 is 8.83 Å². The normalized spacial score (nSPS) is 11.8. The molecule has 0 radical (unpaired) electrons. The predicted octanol–water partition coefficient (Wildman–Crippen LogP) is 11.5. The van der Waals surface area contributed by atoms with Crippen LogP contribution >= 0.6 is 0 Å². The van der Waals surface area contributed by atoms with Crippen molar-refractivity contribution in [3.63, 3.8) is 0 Å². The van der Waals surface area contributed by atoms with E-state index in [2.05, 4.69) is 72.8 Å². The molecular formula is C43H25N3O2. The molecule has 0 saturated heterocycles. The fourth-order valence-corrected chi connectivity index (χ4v) is 6.95. The predicted molar refractivity (Wildman–Crippen MR) is 194 cm³/mol. The number of hydrogen-bond donors (Lipinski definition) is 0. The SMILES string of the molecule is c1ccc(-c2nc(-c3ccc4oc5ccccc5c4c3)nc(-c3cccc4c(-c5cccc6oc7ccccc7c56)cccc34)n2)cc1. The second-order valence-electron chi connectivity index (χ2n) is 12.0. The zero-order valence-corrected chi connectivity index (χ0v) is 25.6. The number of para-hydroxylation sites is 2. The molecule has 0 N–H and O–H groups in total. The summed E-state index contributed by atoms with van der Waals surface area (Å²) in [4.78, 5) is 15.2. The maximum atomic E-state index is 6.24. The second-order valence-corrected chi connectivity index (χ2v) is 12.0. The Morgan fingerprint density at radius 2 is 0.854 bits per heavy atom. The summed E-state index contributed by atoms with van der Waals surface area (Å²) in [5.41, 5.74) is 8.47. The van der Waals surface area contributed by atoms with Crippen LogP contribution in [0.2, 0.25) is 0 Å². The third kappa shape index (κ3) is 4.15. The van der Waals surface area contributed by atoms with Gasteiger partial charge in [0.25, 0.3) is 0 Å². The topological polar surface area (TPSA) is 65.0 Å². The third-order valence-electron chi connectivity index (χ3n) is 9.16. The molecule has 0 amide bonds. The summed E-state index contributed by atoms with van der Waals surface area (Å²) in [6.45, 7) is 0. The highest BCUT2D eigenvalue weighted by atomic mass is 16.3. The Balaban J connectivity index is 1.20. The molecule has 3 aromatic heterocycles. The fourth-order valence-electron chi connectivity index (χ4n) is 6.95. The minimum absolute atomic E-state index is 0.605. The van der Waals surface area contributed by atoms with E-state index in [9.17, 15) is 0 Å². The molecule has 0 saturated carbocycles. The van der Waals surface area contributed by atoms with Crippen LogP contribution < -0.4 is 0 Å². The van der Waals surface area contributed by atoms with Crippen molar-refractivity contribution in [2.45, 2.75) is 0 Å². The summed E-state index contributed by atoms with van der Waals surface area (Å²) in [5.74, 6) is 1.84. The molecule has 0 aliphatic carbocycles. The van der Waals surface area contributed by atoms with Crippen molar-refractivity contribution in [2.75, 3.05) is 0 Å². The monoisotopic (exact) mass is 615 g/mol. The summed E-state index contributed by atoms with van der Waals surface area (Å²) in [5, 5.41) is 6.49. The molecule has 7 aromatic carbocycles. The largest absolute Gasteiger partial charge is 0.456 e. The molecule has 10 rings (SSSR count). The molecule has 0 fully saturated rings. The Morgan fingerprint density at radius 3 is 1.69 bits per heavy atom. The van der Waals surface area contributed by atoms with Crippen molar-refractivity contribution in [3.8, 4) is 45.3 Å². The molecule has 0 atom stereocenters. The number of furan rings is 2. The highest BCUT2D eigenvalue weighted by Gasteiger charge is 2.18. The molecule has 3 heterocycles. The summed E-state index contributed by atoms with van der Waals surface area (Å²) in [7, 11) is 0.